The third-order valence-corrected chi connectivity index (χ3v) is 4.44. The van der Waals surface area contributed by atoms with Gasteiger partial charge in [0.1, 0.15) is 5.82 Å². The Morgan fingerprint density at radius 2 is 1.62 bits per heavy atom. The van der Waals surface area contributed by atoms with Crippen LogP contribution in [0.25, 0.3) is 0 Å². The van der Waals surface area contributed by atoms with Crippen LogP contribution < -0.4 is 16.0 Å². The quantitative estimate of drug-likeness (QED) is 0.646. The number of amides is 3. The SMILES string of the molecule is CCc1ccc(C(NC(=O)C(=O)Nc2cc(NC(C)=O)ccc2F)C(C)C)cc1. The van der Waals surface area contributed by atoms with Gasteiger partial charge in [0.15, 0.2) is 0 Å². The lowest BCUT2D eigenvalue weighted by molar-refractivity contribution is -0.136. The number of rotatable bonds is 6. The Kier molecular flexibility index (Phi) is 7.47. The summed E-state index contributed by atoms with van der Waals surface area (Å²) >= 11 is 0. The predicted octanol–water partition coefficient (Wildman–Crippen LogP) is 3.80. The fourth-order valence-corrected chi connectivity index (χ4v) is 2.88. The lowest BCUT2D eigenvalue weighted by Crippen LogP contribution is -2.39. The van der Waals surface area contributed by atoms with Gasteiger partial charge in [0.05, 0.1) is 11.7 Å². The van der Waals surface area contributed by atoms with Crippen molar-refractivity contribution >= 4 is 29.1 Å². The standard InChI is InChI=1S/C22H26FN3O3/c1-5-15-6-8-16(9-7-15)20(13(2)3)26-22(29)21(28)25-19-12-17(24-14(4)27)10-11-18(19)23/h6-13,20H,5H2,1-4H3,(H,24,27)(H,25,28)(H,26,29). The summed E-state index contributed by atoms with van der Waals surface area (Å²) in [6, 6.07) is 11.2. The summed E-state index contributed by atoms with van der Waals surface area (Å²) < 4.78 is 14.0. The number of nitrogens with one attached hydrogen (secondary N) is 3. The van der Waals surface area contributed by atoms with Crippen LogP contribution in [0.4, 0.5) is 15.8 Å². The molecule has 0 fully saturated rings. The van der Waals surface area contributed by atoms with Crippen molar-refractivity contribution in [2.75, 3.05) is 10.6 Å². The first-order valence-corrected chi connectivity index (χ1v) is 9.49. The van der Waals surface area contributed by atoms with Crippen LogP contribution in [-0.4, -0.2) is 17.7 Å². The number of anilines is 2. The molecular weight excluding hydrogens is 373 g/mol. The van der Waals surface area contributed by atoms with Crippen LogP contribution in [0, 0.1) is 11.7 Å². The molecule has 0 aliphatic carbocycles. The number of halogens is 1. The van der Waals surface area contributed by atoms with E-state index in [1.165, 1.54) is 24.6 Å². The normalized spacial score (nSPS) is 11.7. The van der Waals surface area contributed by atoms with Gasteiger partial charge in [0.25, 0.3) is 0 Å². The van der Waals surface area contributed by atoms with Gasteiger partial charge in [0.2, 0.25) is 5.91 Å². The molecule has 6 nitrogen and oxygen atoms in total. The summed E-state index contributed by atoms with van der Waals surface area (Å²) in [5, 5.41) is 7.47. The number of carbonyl (C=O) groups excluding carboxylic acids is 3. The van der Waals surface area contributed by atoms with E-state index < -0.39 is 17.6 Å². The highest BCUT2D eigenvalue weighted by atomic mass is 19.1. The van der Waals surface area contributed by atoms with E-state index in [-0.39, 0.29) is 23.6 Å². The molecule has 2 aromatic carbocycles. The van der Waals surface area contributed by atoms with Crippen LogP contribution in [0.3, 0.4) is 0 Å². The number of aryl methyl sites for hydroxylation is 1. The first-order chi connectivity index (χ1) is 13.7. The van der Waals surface area contributed by atoms with Crippen LogP contribution in [-0.2, 0) is 20.8 Å². The molecule has 29 heavy (non-hydrogen) atoms. The van der Waals surface area contributed by atoms with Gasteiger partial charge in [-0.05, 0) is 41.7 Å². The van der Waals surface area contributed by atoms with Crippen molar-refractivity contribution in [3.05, 3.63) is 59.4 Å². The monoisotopic (exact) mass is 399 g/mol. The Bertz CT molecular complexity index is 895. The topological polar surface area (TPSA) is 87.3 Å². The molecule has 7 heteroatoms. The van der Waals surface area contributed by atoms with Gasteiger partial charge in [-0.1, -0.05) is 45.0 Å². The maximum Gasteiger partial charge on any atom is 0.313 e. The molecule has 3 amide bonds. The molecule has 0 aliphatic heterocycles. The summed E-state index contributed by atoms with van der Waals surface area (Å²) in [5.41, 5.74) is 2.18. The highest BCUT2D eigenvalue weighted by Gasteiger charge is 2.23. The van der Waals surface area contributed by atoms with Crippen molar-refractivity contribution in [2.45, 2.75) is 40.2 Å². The molecule has 0 saturated heterocycles. The minimum atomic E-state index is -0.986. The zero-order valence-corrected chi connectivity index (χ0v) is 17.0. The summed E-state index contributed by atoms with van der Waals surface area (Å²) in [4.78, 5) is 35.9. The van der Waals surface area contributed by atoms with E-state index in [1.807, 2.05) is 38.1 Å². The van der Waals surface area contributed by atoms with E-state index in [4.69, 9.17) is 0 Å². The van der Waals surface area contributed by atoms with Gasteiger partial charge in [-0.3, -0.25) is 14.4 Å². The largest absolute Gasteiger partial charge is 0.341 e. The van der Waals surface area contributed by atoms with Crippen LogP contribution in [0.2, 0.25) is 0 Å². The Morgan fingerprint density at radius 1 is 0.966 bits per heavy atom. The Balaban J connectivity index is 2.12. The Labute approximate surface area is 169 Å². The minimum absolute atomic E-state index is 0.0408. The van der Waals surface area contributed by atoms with Gasteiger partial charge in [-0.25, -0.2) is 4.39 Å². The fraction of sp³-hybridized carbons (Fsp3) is 0.318. The zero-order valence-electron chi connectivity index (χ0n) is 17.0. The highest BCUT2D eigenvalue weighted by molar-refractivity contribution is 6.39. The van der Waals surface area contributed by atoms with Gasteiger partial charge in [-0.15, -0.1) is 0 Å². The maximum atomic E-state index is 14.0. The molecule has 154 valence electrons. The molecule has 1 unspecified atom stereocenters. The van der Waals surface area contributed by atoms with Crippen LogP contribution >= 0.6 is 0 Å². The maximum absolute atomic E-state index is 14.0. The molecule has 0 bridgehead atoms. The summed E-state index contributed by atoms with van der Waals surface area (Å²) in [6.07, 6.45) is 0.907. The second-order valence-corrected chi connectivity index (χ2v) is 7.12. The lowest BCUT2D eigenvalue weighted by atomic mass is 9.95. The molecule has 2 rings (SSSR count). The fourth-order valence-electron chi connectivity index (χ4n) is 2.88. The first kappa shape index (κ1) is 22.1. The zero-order chi connectivity index (χ0) is 21.6. The van der Waals surface area contributed by atoms with Crippen molar-refractivity contribution in [3.8, 4) is 0 Å². The third-order valence-electron chi connectivity index (χ3n) is 4.44. The van der Waals surface area contributed by atoms with Crippen molar-refractivity contribution in [1.29, 1.82) is 0 Å². The average molecular weight is 399 g/mol. The molecule has 0 radical (unpaired) electrons. The van der Waals surface area contributed by atoms with Crippen LogP contribution in [0.1, 0.15) is 44.9 Å². The van der Waals surface area contributed by atoms with E-state index in [0.29, 0.717) is 5.69 Å². The van der Waals surface area contributed by atoms with Crippen molar-refractivity contribution in [3.63, 3.8) is 0 Å². The van der Waals surface area contributed by atoms with E-state index in [0.717, 1.165) is 18.1 Å². The van der Waals surface area contributed by atoms with Crippen LogP contribution in [0.15, 0.2) is 42.5 Å². The molecule has 2 aromatic rings. The van der Waals surface area contributed by atoms with E-state index in [1.54, 1.807) is 0 Å². The second kappa shape index (κ2) is 9.82. The van der Waals surface area contributed by atoms with E-state index >= 15 is 0 Å². The van der Waals surface area contributed by atoms with Crippen molar-refractivity contribution < 1.29 is 18.8 Å². The van der Waals surface area contributed by atoms with E-state index in [9.17, 15) is 18.8 Å². The molecule has 3 N–H and O–H groups in total. The molecule has 0 aromatic heterocycles. The Hall–Kier alpha value is -3.22. The van der Waals surface area contributed by atoms with Gasteiger partial charge in [0, 0.05) is 12.6 Å². The molecule has 1 atom stereocenters. The highest BCUT2D eigenvalue weighted by Crippen LogP contribution is 2.23. The molecular formula is C22H26FN3O3. The predicted molar refractivity (Wildman–Crippen MR) is 111 cm³/mol. The van der Waals surface area contributed by atoms with Gasteiger partial charge < -0.3 is 16.0 Å². The smallest absolute Gasteiger partial charge is 0.313 e. The third kappa shape index (κ3) is 6.14. The summed E-state index contributed by atoms with van der Waals surface area (Å²) in [6.45, 7) is 7.25. The number of hydrogen-bond donors (Lipinski definition) is 3. The van der Waals surface area contributed by atoms with Crippen LogP contribution in [0.5, 0.6) is 0 Å². The minimum Gasteiger partial charge on any atom is -0.341 e. The Morgan fingerprint density at radius 3 is 2.17 bits per heavy atom. The molecule has 0 heterocycles. The molecule has 0 aliphatic rings. The number of carbonyl (C=O) groups is 3. The van der Waals surface area contributed by atoms with Crippen molar-refractivity contribution in [2.24, 2.45) is 5.92 Å². The van der Waals surface area contributed by atoms with Gasteiger partial charge in [-0.2, -0.15) is 0 Å². The average Bonchev–Trinajstić information content (AvgIpc) is 2.68. The summed E-state index contributed by atoms with van der Waals surface area (Å²) in [7, 11) is 0. The second-order valence-electron chi connectivity index (χ2n) is 7.12. The van der Waals surface area contributed by atoms with Crippen molar-refractivity contribution in [1.82, 2.24) is 5.32 Å². The first-order valence-electron chi connectivity index (χ1n) is 9.49. The lowest BCUT2D eigenvalue weighted by Gasteiger charge is -2.23. The number of benzene rings is 2. The summed E-state index contributed by atoms with van der Waals surface area (Å²) in [5.74, 6) is -2.86. The van der Waals surface area contributed by atoms with E-state index in [2.05, 4.69) is 22.9 Å². The number of hydrogen-bond acceptors (Lipinski definition) is 3. The van der Waals surface area contributed by atoms with Gasteiger partial charge >= 0.3 is 11.8 Å². The molecule has 0 spiro atoms. The molecule has 0 saturated carbocycles.